The Morgan fingerprint density at radius 3 is 2.28 bits per heavy atom. The van der Waals surface area contributed by atoms with E-state index in [-0.39, 0.29) is 24.1 Å². The van der Waals surface area contributed by atoms with E-state index < -0.39 is 4.92 Å². The average Bonchev–Trinajstić information content (AvgIpc) is 2.55. The van der Waals surface area contributed by atoms with E-state index in [2.05, 4.69) is 5.32 Å². The van der Waals surface area contributed by atoms with Gasteiger partial charge in [-0.25, -0.2) is 0 Å². The number of likely N-dealkylation sites (N-methyl/N-ethyl adjacent to an activating group) is 1. The predicted octanol–water partition coefficient (Wildman–Crippen LogP) is 2.43. The van der Waals surface area contributed by atoms with Gasteiger partial charge in [0.2, 0.25) is 5.91 Å². The van der Waals surface area contributed by atoms with Crippen LogP contribution in [0.25, 0.3) is 0 Å². The van der Waals surface area contributed by atoms with E-state index in [0.717, 1.165) is 18.5 Å². The molecule has 2 aromatic rings. The molecule has 0 aliphatic carbocycles. The lowest BCUT2D eigenvalue weighted by molar-refractivity contribution is -0.384. The maximum Gasteiger partial charge on any atom is 0.269 e. The SMILES string of the molecule is CN(C)C[C@H](Cc1ccccc1)NC(=O)Cc1ccc([N+](=O)[O-])cc1. The second kappa shape index (κ2) is 8.94. The number of amides is 1. The zero-order chi connectivity index (χ0) is 18.2. The van der Waals surface area contributed by atoms with E-state index in [1.807, 2.05) is 49.3 Å². The average molecular weight is 341 g/mol. The van der Waals surface area contributed by atoms with Gasteiger partial charge in [-0.05, 0) is 31.6 Å². The quantitative estimate of drug-likeness (QED) is 0.591. The van der Waals surface area contributed by atoms with Crippen molar-refractivity contribution in [2.45, 2.75) is 18.9 Å². The summed E-state index contributed by atoms with van der Waals surface area (Å²) < 4.78 is 0. The first-order valence-corrected chi connectivity index (χ1v) is 8.15. The molecule has 0 fully saturated rings. The van der Waals surface area contributed by atoms with Gasteiger partial charge in [0, 0.05) is 24.7 Å². The van der Waals surface area contributed by atoms with E-state index >= 15 is 0 Å². The normalized spacial score (nSPS) is 12.0. The van der Waals surface area contributed by atoms with Crippen LogP contribution in [0.1, 0.15) is 11.1 Å². The molecule has 1 amide bonds. The molecule has 0 aliphatic heterocycles. The summed E-state index contributed by atoms with van der Waals surface area (Å²) in [5.74, 6) is -0.0864. The van der Waals surface area contributed by atoms with Gasteiger partial charge in [0.25, 0.3) is 5.69 Å². The maximum atomic E-state index is 12.3. The number of nitro benzene ring substituents is 1. The Kier molecular flexibility index (Phi) is 6.65. The summed E-state index contributed by atoms with van der Waals surface area (Å²) in [5, 5.41) is 13.7. The number of rotatable bonds is 8. The van der Waals surface area contributed by atoms with Crippen molar-refractivity contribution in [3.8, 4) is 0 Å². The minimum Gasteiger partial charge on any atom is -0.351 e. The summed E-state index contributed by atoms with van der Waals surface area (Å²) in [6, 6.07) is 16.1. The third kappa shape index (κ3) is 6.35. The monoisotopic (exact) mass is 341 g/mol. The summed E-state index contributed by atoms with van der Waals surface area (Å²) in [7, 11) is 3.95. The number of nitro groups is 1. The van der Waals surface area contributed by atoms with Crippen molar-refractivity contribution in [3.05, 3.63) is 75.8 Å². The standard InChI is InChI=1S/C19H23N3O3/c1-21(2)14-17(12-15-6-4-3-5-7-15)20-19(23)13-16-8-10-18(11-9-16)22(24)25/h3-11,17H,12-14H2,1-2H3,(H,20,23)/t17-/m0/s1. The van der Waals surface area contributed by atoms with Gasteiger partial charge in [0.05, 0.1) is 11.3 Å². The number of hydrogen-bond donors (Lipinski definition) is 1. The first kappa shape index (κ1) is 18.6. The van der Waals surface area contributed by atoms with E-state index in [9.17, 15) is 14.9 Å². The highest BCUT2D eigenvalue weighted by Crippen LogP contribution is 2.12. The third-order valence-corrected chi connectivity index (χ3v) is 3.79. The van der Waals surface area contributed by atoms with Gasteiger partial charge in [-0.15, -0.1) is 0 Å². The van der Waals surface area contributed by atoms with Gasteiger partial charge < -0.3 is 10.2 Å². The summed E-state index contributed by atoms with van der Waals surface area (Å²) in [6.07, 6.45) is 0.960. The first-order valence-electron chi connectivity index (χ1n) is 8.15. The molecule has 25 heavy (non-hydrogen) atoms. The Labute approximate surface area is 147 Å². The van der Waals surface area contributed by atoms with E-state index in [0.29, 0.717) is 0 Å². The Morgan fingerprint density at radius 1 is 1.08 bits per heavy atom. The Morgan fingerprint density at radius 2 is 1.72 bits per heavy atom. The molecule has 0 spiro atoms. The molecule has 2 aromatic carbocycles. The number of nitrogens with one attached hydrogen (secondary N) is 1. The highest BCUT2D eigenvalue weighted by Gasteiger charge is 2.15. The van der Waals surface area contributed by atoms with Crippen LogP contribution in [-0.4, -0.2) is 42.4 Å². The van der Waals surface area contributed by atoms with Crippen LogP contribution in [0.5, 0.6) is 0 Å². The summed E-state index contributed by atoms with van der Waals surface area (Å²) in [4.78, 5) is 24.6. The number of benzene rings is 2. The molecule has 0 heterocycles. The van der Waals surface area contributed by atoms with Gasteiger partial charge in [-0.3, -0.25) is 14.9 Å². The van der Waals surface area contributed by atoms with Gasteiger partial charge in [0.1, 0.15) is 0 Å². The molecule has 0 bridgehead atoms. The zero-order valence-corrected chi connectivity index (χ0v) is 14.5. The van der Waals surface area contributed by atoms with Gasteiger partial charge in [-0.1, -0.05) is 42.5 Å². The van der Waals surface area contributed by atoms with Crippen LogP contribution in [0.15, 0.2) is 54.6 Å². The number of nitrogens with zero attached hydrogens (tertiary/aromatic N) is 2. The number of carbonyl (C=O) groups excluding carboxylic acids is 1. The second-order valence-electron chi connectivity index (χ2n) is 6.32. The van der Waals surface area contributed by atoms with Crippen LogP contribution in [-0.2, 0) is 17.6 Å². The molecule has 0 saturated heterocycles. The van der Waals surface area contributed by atoms with Crippen LogP contribution in [0.4, 0.5) is 5.69 Å². The Bertz CT molecular complexity index is 700. The molecule has 132 valence electrons. The van der Waals surface area contributed by atoms with Crippen molar-refractivity contribution in [1.82, 2.24) is 10.2 Å². The van der Waals surface area contributed by atoms with Crippen molar-refractivity contribution >= 4 is 11.6 Å². The van der Waals surface area contributed by atoms with Gasteiger partial charge in [0.15, 0.2) is 0 Å². The Balaban J connectivity index is 1.97. The largest absolute Gasteiger partial charge is 0.351 e. The lowest BCUT2D eigenvalue weighted by atomic mass is 10.0. The number of non-ortho nitro benzene ring substituents is 1. The minimum absolute atomic E-state index is 0.00273. The number of carbonyl (C=O) groups is 1. The summed E-state index contributed by atoms with van der Waals surface area (Å²) in [5.41, 5.74) is 1.95. The van der Waals surface area contributed by atoms with E-state index in [4.69, 9.17) is 0 Å². The zero-order valence-electron chi connectivity index (χ0n) is 14.5. The molecule has 0 unspecified atom stereocenters. The molecule has 6 nitrogen and oxygen atoms in total. The first-order chi connectivity index (χ1) is 11.9. The third-order valence-electron chi connectivity index (χ3n) is 3.79. The smallest absolute Gasteiger partial charge is 0.269 e. The van der Waals surface area contributed by atoms with Crippen molar-refractivity contribution in [3.63, 3.8) is 0 Å². The van der Waals surface area contributed by atoms with Crippen molar-refractivity contribution in [1.29, 1.82) is 0 Å². The highest BCUT2D eigenvalue weighted by atomic mass is 16.6. The molecule has 1 N–H and O–H groups in total. The van der Waals surface area contributed by atoms with Crippen LogP contribution in [0.2, 0.25) is 0 Å². The maximum absolute atomic E-state index is 12.3. The van der Waals surface area contributed by atoms with Gasteiger partial charge >= 0.3 is 0 Å². The highest BCUT2D eigenvalue weighted by molar-refractivity contribution is 5.79. The van der Waals surface area contributed by atoms with Crippen LogP contribution in [0.3, 0.4) is 0 Å². The Hall–Kier alpha value is -2.73. The molecular formula is C19H23N3O3. The van der Waals surface area contributed by atoms with Crippen molar-refractivity contribution in [2.75, 3.05) is 20.6 Å². The fraction of sp³-hybridized carbons (Fsp3) is 0.316. The van der Waals surface area contributed by atoms with Crippen LogP contribution >= 0.6 is 0 Å². The fourth-order valence-electron chi connectivity index (χ4n) is 2.70. The van der Waals surface area contributed by atoms with Crippen molar-refractivity contribution < 1.29 is 9.72 Å². The molecule has 2 rings (SSSR count). The van der Waals surface area contributed by atoms with E-state index in [1.54, 1.807) is 12.1 Å². The second-order valence-corrected chi connectivity index (χ2v) is 6.32. The lowest BCUT2D eigenvalue weighted by Gasteiger charge is -2.22. The number of hydrogen-bond acceptors (Lipinski definition) is 4. The molecule has 0 radical (unpaired) electrons. The summed E-state index contributed by atoms with van der Waals surface area (Å²) >= 11 is 0. The van der Waals surface area contributed by atoms with Crippen LogP contribution < -0.4 is 5.32 Å². The van der Waals surface area contributed by atoms with Crippen LogP contribution in [0, 0.1) is 10.1 Å². The topological polar surface area (TPSA) is 75.5 Å². The van der Waals surface area contributed by atoms with Crippen molar-refractivity contribution in [2.24, 2.45) is 0 Å². The van der Waals surface area contributed by atoms with E-state index in [1.165, 1.54) is 17.7 Å². The predicted molar refractivity (Wildman–Crippen MR) is 97.4 cm³/mol. The lowest BCUT2D eigenvalue weighted by Crippen LogP contribution is -2.43. The molecular weight excluding hydrogens is 318 g/mol. The molecule has 6 heteroatoms. The molecule has 0 aliphatic rings. The minimum atomic E-state index is -0.448. The molecule has 1 atom stereocenters. The van der Waals surface area contributed by atoms with Gasteiger partial charge in [-0.2, -0.15) is 0 Å². The summed E-state index contributed by atoms with van der Waals surface area (Å²) in [6.45, 7) is 0.737. The molecule has 0 aromatic heterocycles. The molecule has 0 saturated carbocycles. The fourth-order valence-corrected chi connectivity index (χ4v) is 2.70.